The van der Waals surface area contributed by atoms with Crippen LogP contribution in [0.1, 0.15) is 57.4 Å². The highest BCUT2D eigenvalue weighted by Crippen LogP contribution is 2.24. The van der Waals surface area contributed by atoms with Crippen molar-refractivity contribution in [1.82, 2.24) is 4.90 Å². The summed E-state index contributed by atoms with van der Waals surface area (Å²) in [5.41, 5.74) is 1.02. The van der Waals surface area contributed by atoms with Crippen molar-refractivity contribution in [2.24, 2.45) is 0 Å². The van der Waals surface area contributed by atoms with E-state index in [4.69, 9.17) is 10.2 Å². The predicted octanol–water partition coefficient (Wildman–Crippen LogP) is 3.13. The molecule has 0 saturated carbocycles. The molecule has 0 spiro atoms. The zero-order valence-electron chi connectivity index (χ0n) is 16.9. The first-order valence-corrected chi connectivity index (χ1v) is 9.72. The number of carboxylic acids is 2. The molecule has 164 valence electrons. The minimum atomic E-state index is -1.33. The van der Waals surface area contributed by atoms with E-state index in [9.17, 15) is 24.0 Å². The molecule has 0 bridgehead atoms. The second kappa shape index (κ2) is 8.39. The van der Waals surface area contributed by atoms with Crippen molar-refractivity contribution in [3.63, 3.8) is 0 Å². The van der Waals surface area contributed by atoms with Crippen molar-refractivity contribution in [3.8, 4) is 0 Å². The number of hydrogen-bond acceptors (Lipinski definition) is 5. The van der Waals surface area contributed by atoms with E-state index in [2.05, 4.69) is 5.32 Å². The van der Waals surface area contributed by atoms with E-state index in [1.807, 2.05) is 0 Å². The van der Waals surface area contributed by atoms with Gasteiger partial charge in [0.25, 0.3) is 17.7 Å². The molecule has 9 nitrogen and oxygen atoms in total. The largest absolute Gasteiger partial charge is 0.478 e. The van der Waals surface area contributed by atoms with Crippen molar-refractivity contribution in [1.29, 1.82) is 0 Å². The molecule has 33 heavy (non-hydrogen) atoms. The standard InChI is InChI=1S/C24H16N2O7/c27-20(25-17-10-15(23(30)31)9-16(11-17)24(32)33)14-7-5-13(6-8-14)12-26-21(28)18-3-1-2-4-19(18)22(26)29/h1-11H,12H2,(H,25,27)(H,30,31)(H,32,33). The number of carbonyl (C=O) groups is 5. The average Bonchev–Trinajstić information content (AvgIpc) is 3.04. The predicted molar refractivity (Wildman–Crippen MR) is 115 cm³/mol. The van der Waals surface area contributed by atoms with Gasteiger partial charge in [0.2, 0.25) is 0 Å². The highest BCUT2D eigenvalue weighted by molar-refractivity contribution is 6.21. The molecule has 0 aliphatic carbocycles. The van der Waals surface area contributed by atoms with E-state index >= 15 is 0 Å². The Labute approximate surface area is 186 Å². The number of benzene rings is 3. The molecule has 1 aliphatic rings. The molecule has 0 aromatic heterocycles. The van der Waals surface area contributed by atoms with Gasteiger partial charge in [0, 0.05) is 11.3 Å². The van der Waals surface area contributed by atoms with Crippen LogP contribution in [0.4, 0.5) is 5.69 Å². The molecule has 3 aromatic rings. The molecular formula is C24H16N2O7. The van der Waals surface area contributed by atoms with E-state index in [-0.39, 0.29) is 40.7 Å². The average molecular weight is 444 g/mol. The van der Waals surface area contributed by atoms with Crippen LogP contribution in [0.3, 0.4) is 0 Å². The van der Waals surface area contributed by atoms with Crippen LogP contribution in [0.25, 0.3) is 0 Å². The first-order valence-electron chi connectivity index (χ1n) is 9.72. The number of nitrogens with one attached hydrogen (secondary N) is 1. The lowest BCUT2D eigenvalue weighted by molar-refractivity contribution is 0.0637. The van der Waals surface area contributed by atoms with Gasteiger partial charge in [-0.15, -0.1) is 0 Å². The number of hydrogen-bond donors (Lipinski definition) is 3. The summed E-state index contributed by atoms with van der Waals surface area (Å²) in [6.45, 7) is 0.0386. The molecule has 3 aromatic carbocycles. The van der Waals surface area contributed by atoms with Gasteiger partial charge in [-0.3, -0.25) is 19.3 Å². The van der Waals surface area contributed by atoms with Gasteiger partial charge in [0.15, 0.2) is 0 Å². The molecule has 4 rings (SSSR count). The van der Waals surface area contributed by atoms with Gasteiger partial charge in [0.05, 0.1) is 28.8 Å². The summed E-state index contributed by atoms with van der Waals surface area (Å²) in [4.78, 5) is 61.1. The lowest BCUT2D eigenvalue weighted by Crippen LogP contribution is -2.29. The van der Waals surface area contributed by atoms with Crippen LogP contribution in [0.15, 0.2) is 66.7 Å². The second-order valence-electron chi connectivity index (χ2n) is 7.30. The quantitative estimate of drug-likeness (QED) is 0.496. The van der Waals surface area contributed by atoms with Gasteiger partial charge < -0.3 is 15.5 Å². The van der Waals surface area contributed by atoms with Crippen LogP contribution in [-0.4, -0.2) is 44.8 Å². The molecular weight excluding hydrogens is 428 g/mol. The van der Waals surface area contributed by atoms with Crippen LogP contribution in [0.2, 0.25) is 0 Å². The van der Waals surface area contributed by atoms with Crippen LogP contribution in [0, 0.1) is 0 Å². The Bertz CT molecular complexity index is 1260. The van der Waals surface area contributed by atoms with Gasteiger partial charge >= 0.3 is 11.9 Å². The first-order chi connectivity index (χ1) is 15.7. The molecule has 0 unspecified atom stereocenters. The number of carboxylic acid groups (broad SMARTS) is 2. The summed E-state index contributed by atoms with van der Waals surface area (Å²) in [6, 6.07) is 16.0. The van der Waals surface area contributed by atoms with Gasteiger partial charge in [-0.2, -0.15) is 0 Å². The molecule has 0 atom stereocenters. The Morgan fingerprint density at radius 2 is 1.24 bits per heavy atom. The fourth-order valence-corrected chi connectivity index (χ4v) is 3.48. The monoisotopic (exact) mass is 444 g/mol. The molecule has 0 saturated heterocycles. The minimum Gasteiger partial charge on any atom is -0.478 e. The van der Waals surface area contributed by atoms with Gasteiger partial charge in [-0.05, 0) is 48.0 Å². The SMILES string of the molecule is O=C(O)c1cc(NC(=O)c2ccc(CN3C(=O)c4ccccc4C3=O)cc2)cc(C(=O)O)c1. The van der Waals surface area contributed by atoms with Crippen LogP contribution in [-0.2, 0) is 6.54 Å². The maximum atomic E-state index is 12.6. The lowest BCUT2D eigenvalue weighted by atomic mass is 10.1. The van der Waals surface area contributed by atoms with Gasteiger partial charge in [-0.25, -0.2) is 9.59 Å². The topological polar surface area (TPSA) is 141 Å². The number of amides is 3. The zero-order chi connectivity index (χ0) is 23.7. The molecule has 1 heterocycles. The Morgan fingerprint density at radius 1 is 0.727 bits per heavy atom. The van der Waals surface area contributed by atoms with Gasteiger partial charge in [0.1, 0.15) is 0 Å². The fraction of sp³-hybridized carbons (Fsp3) is 0.0417. The number of carbonyl (C=O) groups excluding carboxylic acids is 3. The number of rotatable bonds is 6. The fourth-order valence-electron chi connectivity index (χ4n) is 3.48. The number of fused-ring (bicyclic) bond motifs is 1. The highest BCUT2D eigenvalue weighted by Gasteiger charge is 2.34. The summed E-state index contributed by atoms with van der Waals surface area (Å²) in [7, 11) is 0. The van der Waals surface area contributed by atoms with E-state index in [1.54, 1.807) is 36.4 Å². The maximum Gasteiger partial charge on any atom is 0.335 e. The van der Waals surface area contributed by atoms with Crippen molar-refractivity contribution in [3.05, 3.63) is 100 Å². The van der Waals surface area contributed by atoms with Crippen molar-refractivity contribution < 1.29 is 34.2 Å². The van der Waals surface area contributed by atoms with Gasteiger partial charge in [-0.1, -0.05) is 24.3 Å². The Hall–Kier alpha value is -4.79. The Morgan fingerprint density at radius 3 is 1.73 bits per heavy atom. The summed E-state index contributed by atoms with van der Waals surface area (Å²) >= 11 is 0. The third-order valence-corrected chi connectivity index (χ3v) is 5.12. The summed E-state index contributed by atoms with van der Waals surface area (Å²) < 4.78 is 0. The van der Waals surface area contributed by atoms with Crippen molar-refractivity contribution >= 4 is 35.3 Å². The minimum absolute atomic E-state index is 0.0207. The third kappa shape index (κ3) is 4.19. The van der Waals surface area contributed by atoms with E-state index in [1.165, 1.54) is 12.1 Å². The second-order valence-corrected chi connectivity index (χ2v) is 7.30. The summed E-state index contributed by atoms with van der Waals surface area (Å²) in [5.74, 6) is -4.01. The molecule has 0 fully saturated rings. The molecule has 9 heteroatoms. The number of anilines is 1. The van der Waals surface area contributed by atoms with Crippen molar-refractivity contribution in [2.45, 2.75) is 6.54 Å². The molecule has 3 N–H and O–H groups in total. The summed E-state index contributed by atoms with van der Waals surface area (Å²) in [6.07, 6.45) is 0. The van der Waals surface area contributed by atoms with Crippen LogP contribution >= 0.6 is 0 Å². The van der Waals surface area contributed by atoms with E-state index < -0.39 is 17.8 Å². The number of aromatic carboxylic acids is 2. The third-order valence-electron chi connectivity index (χ3n) is 5.12. The number of nitrogens with zero attached hydrogens (tertiary/aromatic N) is 1. The first kappa shape index (κ1) is 21.4. The zero-order valence-corrected chi connectivity index (χ0v) is 16.9. The molecule has 1 aliphatic heterocycles. The lowest BCUT2D eigenvalue weighted by Gasteiger charge is -2.14. The smallest absolute Gasteiger partial charge is 0.335 e. The normalized spacial score (nSPS) is 12.4. The van der Waals surface area contributed by atoms with Crippen molar-refractivity contribution in [2.75, 3.05) is 5.32 Å². The maximum absolute atomic E-state index is 12.6. The molecule has 3 amide bonds. The molecule has 0 radical (unpaired) electrons. The summed E-state index contributed by atoms with van der Waals surface area (Å²) in [5, 5.41) is 20.8. The Kier molecular flexibility index (Phi) is 5.45. The van der Waals surface area contributed by atoms with Crippen LogP contribution in [0.5, 0.6) is 0 Å². The number of imide groups is 1. The highest BCUT2D eigenvalue weighted by atomic mass is 16.4. The van der Waals surface area contributed by atoms with E-state index in [0.29, 0.717) is 16.7 Å². The van der Waals surface area contributed by atoms with Crippen LogP contribution < -0.4 is 5.32 Å². The van der Waals surface area contributed by atoms with E-state index in [0.717, 1.165) is 23.1 Å². The Balaban J connectivity index is 1.49.